The Bertz CT molecular complexity index is 282. The predicted molar refractivity (Wildman–Crippen MR) is 59.7 cm³/mol. The van der Waals surface area contributed by atoms with Gasteiger partial charge in [-0.25, -0.2) is 4.79 Å². The molecular weight excluding hydrogens is 251 g/mol. The summed E-state index contributed by atoms with van der Waals surface area (Å²) in [6, 6.07) is -1.00. The molecule has 5 nitrogen and oxygen atoms in total. The van der Waals surface area contributed by atoms with Crippen molar-refractivity contribution in [3.63, 3.8) is 0 Å². The molecule has 3 amide bonds. The first kappa shape index (κ1) is 16.7. The van der Waals surface area contributed by atoms with E-state index in [0.717, 1.165) is 11.3 Å². The van der Waals surface area contributed by atoms with E-state index >= 15 is 0 Å². The van der Waals surface area contributed by atoms with Gasteiger partial charge < -0.3 is 5.73 Å². The number of urea groups is 1. The van der Waals surface area contributed by atoms with Gasteiger partial charge in [0.05, 0.1) is 6.54 Å². The van der Waals surface area contributed by atoms with Crippen molar-refractivity contribution in [3.05, 3.63) is 0 Å². The van der Waals surface area contributed by atoms with Crippen LogP contribution in [0.3, 0.4) is 0 Å². The molecule has 0 saturated heterocycles. The van der Waals surface area contributed by atoms with E-state index in [1.165, 1.54) is 0 Å². The van der Waals surface area contributed by atoms with Crippen LogP contribution in [0.5, 0.6) is 0 Å². The Hall–Kier alpha value is -1.31. The molecule has 0 aromatic carbocycles. The molecule has 0 fully saturated rings. The molecule has 8 heteroatoms. The Morgan fingerprint density at radius 3 is 2.33 bits per heavy atom. The highest BCUT2D eigenvalue weighted by molar-refractivity contribution is 5.93. The number of amides is 3. The Morgan fingerprint density at radius 2 is 1.89 bits per heavy atom. The number of hydrogen-bond acceptors (Lipinski definition) is 3. The molecular formula is C10H18F3N3O2. The van der Waals surface area contributed by atoms with E-state index in [0.29, 0.717) is 6.42 Å². The number of carbonyl (C=O) groups is 2. The third kappa shape index (κ3) is 9.88. The van der Waals surface area contributed by atoms with Crippen molar-refractivity contribution in [2.24, 2.45) is 5.73 Å². The van der Waals surface area contributed by atoms with Gasteiger partial charge in [-0.3, -0.25) is 15.0 Å². The fourth-order valence-electron chi connectivity index (χ4n) is 1.36. The highest BCUT2D eigenvalue weighted by Gasteiger charge is 2.30. The van der Waals surface area contributed by atoms with Gasteiger partial charge in [0, 0.05) is 13.0 Å². The second kappa shape index (κ2) is 7.91. The fraction of sp³-hybridized carbons (Fsp3) is 0.800. The molecule has 0 heterocycles. The number of carbonyl (C=O) groups excluding carboxylic acids is 2. The number of alkyl halides is 3. The number of rotatable bonds is 7. The van der Waals surface area contributed by atoms with E-state index in [-0.39, 0.29) is 19.5 Å². The van der Waals surface area contributed by atoms with E-state index in [1.807, 2.05) is 12.2 Å². The molecule has 18 heavy (non-hydrogen) atoms. The van der Waals surface area contributed by atoms with Crippen LogP contribution in [-0.2, 0) is 4.79 Å². The van der Waals surface area contributed by atoms with Crippen molar-refractivity contribution in [2.75, 3.05) is 19.6 Å². The van der Waals surface area contributed by atoms with Gasteiger partial charge in [-0.15, -0.1) is 0 Å². The van der Waals surface area contributed by atoms with Crippen LogP contribution in [0.4, 0.5) is 18.0 Å². The van der Waals surface area contributed by atoms with Gasteiger partial charge in [0.2, 0.25) is 5.91 Å². The number of hydrogen-bond donors (Lipinski definition) is 2. The van der Waals surface area contributed by atoms with Crippen LogP contribution in [0, 0.1) is 0 Å². The molecule has 3 N–H and O–H groups in total. The summed E-state index contributed by atoms with van der Waals surface area (Å²) in [4.78, 5) is 22.6. The number of nitrogens with one attached hydrogen (secondary N) is 1. The van der Waals surface area contributed by atoms with Crippen molar-refractivity contribution < 1.29 is 22.8 Å². The Labute approximate surface area is 103 Å². The van der Waals surface area contributed by atoms with Crippen LogP contribution in [0.25, 0.3) is 0 Å². The first-order valence-electron chi connectivity index (χ1n) is 5.63. The molecule has 0 aromatic heterocycles. The zero-order chi connectivity index (χ0) is 14.2. The van der Waals surface area contributed by atoms with Crippen LogP contribution < -0.4 is 11.1 Å². The number of imide groups is 1. The molecule has 0 aliphatic heterocycles. The third-order valence-corrected chi connectivity index (χ3v) is 2.15. The maximum Gasteiger partial charge on any atom is 0.401 e. The normalized spacial score (nSPS) is 11.6. The van der Waals surface area contributed by atoms with Gasteiger partial charge in [0.1, 0.15) is 0 Å². The smallest absolute Gasteiger partial charge is 0.351 e. The summed E-state index contributed by atoms with van der Waals surface area (Å²) in [5.74, 6) is -0.675. The molecule has 0 radical (unpaired) electrons. The van der Waals surface area contributed by atoms with Crippen LogP contribution >= 0.6 is 0 Å². The van der Waals surface area contributed by atoms with E-state index in [4.69, 9.17) is 5.73 Å². The summed E-state index contributed by atoms with van der Waals surface area (Å²) in [6.45, 7) is 1.01. The monoisotopic (exact) mass is 269 g/mol. The zero-order valence-corrected chi connectivity index (χ0v) is 10.2. The summed E-state index contributed by atoms with van der Waals surface area (Å²) in [6.07, 6.45) is -3.11. The zero-order valence-electron chi connectivity index (χ0n) is 10.2. The van der Waals surface area contributed by atoms with Gasteiger partial charge in [0.25, 0.3) is 0 Å². The first-order chi connectivity index (χ1) is 8.24. The van der Waals surface area contributed by atoms with Crippen LogP contribution in [0.2, 0.25) is 0 Å². The number of unbranched alkanes of at least 4 members (excludes halogenated alkanes) is 1. The van der Waals surface area contributed by atoms with Crippen molar-refractivity contribution in [3.8, 4) is 0 Å². The van der Waals surface area contributed by atoms with E-state index in [1.54, 1.807) is 0 Å². The Balaban J connectivity index is 4.15. The number of nitrogens with zero attached hydrogens (tertiary/aromatic N) is 1. The van der Waals surface area contributed by atoms with Crippen molar-refractivity contribution in [2.45, 2.75) is 32.4 Å². The molecule has 0 aliphatic carbocycles. The predicted octanol–water partition coefficient (Wildman–Crippen LogP) is 1.24. The van der Waals surface area contributed by atoms with Gasteiger partial charge in [0.15, 0.2) is 0 Å². The summed E-state index contributed by atoms with van der Waals surface area (Å²) >= 11 is 0. The van der Waals surface area contributed by atoms with Crippen molar-refractivity contribution in [1.82, 2.24) is 10.2 Å². The van der Waals surface area contributed by atoms with Crippen molar-refractivity contribution >= 4 is 11.9 Å². The average Bonchev–Trinajstić information content (AvgIpc) is 2.19. The summed E-state index contributed by atoms with van der Waals surface area (Å²) < 4.78 is 36.8. The SMILES string of the molecule is CCCCN(CCC(=O)NC(N)=O)CC(F)(F)F. The molecule has 0 aliphatic rings. The second-order valence-electron chi connectivity index (χ2n) is 3.91. The largest absolute Gasteiger partial charge is 0.401 e. The van der Waals surface area contributed by atoms with Crippen LogP contribution in [-0.4, -0.2) is 42.6 Å². The summed E-state index contributed by atoms with van der Waals surface area (Å²) in [7, 11) is 0. The topological polar surface area (TPSA) is 75.4 Å². The molecule has 0 rings (SSSR count). The van der Waals surface area contributed by atoms with E-state index in [2.05, 4.69) is 0 Å². The molecule has 0 atom stereocenters. The number of primary amides is 1. The molecule has 106 valence electrons. The summed E-state index contributed by atoms with van der Waals surface area (Å²) in [5, 5.41) is 1.81. The summed E-state index contributed by atoms with van der Waals surface area (Å²) in [5.41, 5.74) is 4.72. The fourth-order valence-corrected chi connectivity index (χ4v) is 1.36. The lowest BCUT2D eigenvalue weighted by atomic mass is 10.3. The lowest BCUT2D eigenvalue weighted by Crippen LogP contribution is -2.40. The molecule has 0 spiro atoms. The van der Waals surface area contributed by atoms with Crippen LogP contribution in [0.1, 0.15) is 26.2 Å². The quantitative estimate of drug-likeness (QED) is 0.730. The molecule has 0 bridgehead atoms. The highest BCUT2D eigenvalue weighted by Crippen LogP contribution is 2.16. The maximum atomic E-state index is 12.3. The Kier molecular flexibility index (Phi) is 7.33. The molecule has 0 aromatic rings. The number of halogens is 3. The average molecular weight is 269 g/mol. The third-order valence-electron chi connectivity index (χ3n) is 2.15. The second-order valence-corrected chi connectivity index (χ2v) is 3.91. The standard InChI is InChI=1S/C10H18F3N3O2/c1-2-3-5-16(7-10(11,12)13)6-4-8(17)15-9(14)18/h2-7H2,1H3,(H3,14,15,17,18). The van der Waals surface area contributed by atoms with Gasteiger partial charge in [-0.1, -0.05) is 13.3 Å². The Morgan fingerprint density at radius 1 is 1.28 bits per heavy atom. The number of nitrogens with two attached hydrogens (primary N) is 1. The lowest BCUT2D eigenvalue weighted by molar-refractivity contribution is -0.147. The van der Waals surface area contributed by atoms with E-state index in [9.17, 15) is 22.8 Å². The van der Waals surface area contributed by atoms with Gasteiger partial charge in [-0.05, 0) is 13.0 Å². The minimum absolute atomic E-state index is 0.0569. The highest BCUT2D eigenvalue weighted by atomic mass is 19.4. The minimum atomic E-state index is -4.30. The van der Waals surface area contributed by atoms with Crippen molar-refractivity contribution in [1.29, 1.82) is 0 Å². The first-order valence-corrected chi connectivity index (χ1v) is 5.63. The lowest BCUT2D eigenvalue weighted by Gasteiger charge is -2.22. The minimum Gasteiger partial charge on any atom is -0.351 e. The van der Waals surface area contributed by atoms with Crippen LogP contribution in [0.15, 0.2) is 0 Å². The molecule has 0 saturated carbocycles. The maximum absolute atomic E-state index is 12.3. The molecule has 0 unspecified atom stereocenters. The van der Waals surface area contributed by atoms with Gasteiger partial charge >= 0.3 is 12.2 Å². The van der Waals surface area contributed by atoms with E-state index < -0.39 is 24.7 Å². The van der Waals surface area contributed by atoms with Gasteiger partial charge in [-0.2, -0.15) is 13.2 Å².